The van der Waals surface area contributed by atoms with Crippen molar-refractivity contribution >= 4 is 16.7 Å². The maximum Gasteiger partial charge on any atom is 0.419 e. The molecule has 2 aliphatic rings. The van der Waals surface area contributed by atoms with Gasteiger partial charge >= 0.3 is 6.18 Å². The molecule has 12 heteroatoms. The van der Waals surface area contributed by atoms with Crippen molar-refractivity contribution in [3.63, 3.8) is 0 Å². The Labute approximate surface area is 254 Å². The summed E-state index contributed by atoms with van der Waals surface area (Å²) in [7, 11) is 2.16. The number of pyridine rings is 2. The van der Waals surface area contributed by atoms with Crippen LogP contribution in [-0.2, 0) is 12.7 Å². The second-order valence-corrected chi connectivity index (χ2v) is 11.7. The van der Waals surface area contributed by atoms with Crippen molar-refractivity contribution < 1.29 is 22.3 Å². The summed E-state index contributed by atoms with van der Waals surface area (Å²) >= 11 is 0. The Morgan fingerprint density at radius 3 is 2.39 bits per heavy atom. The summed E-state index contributed by atoms with van der Waals surface area (Å²) in [5, 5.41) is 9.33. The van der Waals surface area contributed by atoms with Crippen LogP contribution in [0.4, 0.5) is 23.4 Å². The van der Waals surface area contributed by atoms with Crippen LogP contribution in [0.2, 0.25) is 0 Å². The van der Waals surface area contributed by atoms with Crippen LogP contribution in [0.1, 0.15) is 49.8 Å². The average molecular weight is 612 g/mol. The van der Waals surface area contributed by atoms with Gasteiger partial charge in [0.2, 0.25) is 0 Å². The van der Waals surface area contributed by atoms with E-state index in [1.807, 2.05) is 23.9 Å². The Bertz CT molecular complexity index is 1570. The maximum absolute atomic E-state index is 14.5. The summed E-state index contributed by atoms with van der Waals surface area (Å²) < 4.78 is 61.7. The first-order chi connectivity index (χ1) is 21.2. The van der Waals surface area contributed by atoms with E-state index in [0.29, 0.717) is 31.7 Å². The van der Waals surface area contributed by atoms with Gasteiger partial charge in [0.05, 0.1) is 17.1 Å². The van der Waals surface area contributed by atoms with Crippen molar-refractivity contribution in [2.45, 2.75) is 57.5 Å². The van der Waals surface area contributed by atoms with E-state index < -0.39 is 29.5 Å². The molecule has 1 saturated carbocycles. The summed E-state index contributed by atoms with van der Waals surface area (Å²) in [6, 6.07) is 11.3. The van der Waals surface area contributed by atoms with Crippen LogP contribution in [0.3, 0.4) is 0 Å². The smallest absolute Gasteiger partial charge is 0.419 e. The average Bonchev–Trinajstić information content (AvgIpc) is 3.38. The van der Waals surface area contributed by atoms with Gasteiger partial charge in [0.1, 0.15) is 17.6 Å². The highest BCUT2D eigenvalue weighted by molar-refractivity contribution is 5.94. The standard InChI is InChI=1S/C32H37F4N7O/c1-3-37-28-18-27-25(19-39-28)30(22-6-4-21(5-7-22)20-42-16-14-41(2)15-17-42)40-43(27)23-8-10-24(11-9-23)44-31-29(33)26(12-13-38-31)32(34,35)36/h4-7,12-13,18-19,23-24H,3,8-11,14-17,20H2,1-2H3,(H,37,39). The molecule has 0 atom stereocenters. The lowest BCUT2D eigenvalue weighted by molar-refractivity contribution is -0.140. The first-order valence-corrected chi connectivity index (χ1v) is 15.2. The van der Waals surface area contributed by atoms with E-state index >= 15 is 0 Å². The Morgan fingerprint density at radius 2 is 1.70 bits per heavy atom. The monoisotopic (exact) mass is 611 g/mol. The molecule has 1 aromatic carbocycles. The van der Waals surface area contributed by atoms with Gasteiger partial charge in [-0.25, -0.2) is 14.4 Å². The molecule has 2 fully saturated rings. The number of aromatic nitrogens is 4. The minimum atomic E-state index is -4.81. The molecule has 4 aromatic rings. The molecule has 0 radical (unpaired) electrons. The van der Waals surface area contributed by atoms with Gasteiger partial charge in [0, 0.05) is 68.7 Å². The van der Waals surface area contributed by atoms with Gasteiger partial charge in [-0.05, 0) is 51.3 Å². The number of nitrogens with zero attached hydrogens (tertiary/aromatic N) is 6. The van der Waals surface area contributed by atoms with Crippen molar-refractivity contribution in [1.82, 2.24) is 29.5 Å². The molecule has 8 nitrogen and oxygen atoms in total. The molecule has 0 bridgehead atoms. The first-order valence-electron chi connectivity index (χ1n) is 15.2. The van der Waals surface area contributed by atoms with E-state index in [4.69, 9.17) is 9.84 Å². The second-order valence-electron chi connectivity index (χ2n) is 11.7. The molecule has 6 rings (SSSR count). The highest BCUT2D eigenvalue weighted by atomic mass is 19.4. The highest BCUT2D eigenvalue weighted by Crippen LogP contribution is 2.38. The van der Waals surface area contributed by atoms with Crippen molar-refractivity contribution in [2.75, 3.05) is 45.1 Å². The second kappa shape index (κ2) is 12.7. The summed E-state index contributed by atoms with van der Waals surface area (Å²) in [6.45, 7) is 7.95. The number of anilines is 1. The molecule has 1 N–H and O–H groups in total. The predicted molar refractivity (Wildman–Crippen MR) is 161 cm³/mol. The van der Waals surface area contributed by atoms with Crippen LogP contribution < -0.4 is 10.1 Å². The van der Waals surface area contributed by atoms with E-state index in [1.54, 1.807) is 0 Å². The van der Waals surface area contributed by atoms with Crippen LogP contribution in [0.5, 0.6) is 5.88 Å². The lowest BCUT2D eigenvalue weighted by atomic mass is 9.93. The van der Waals surface area contributed by atoms with E-state index in [1.165, 1.54) is 5.56 Å². The third-order valence-electron chi connectivity index (χ3n) is 8.61. The molecule has 1 aliphatic carbocycles. The minimum Gasteiger partial charge on any atom is -0.472 e. The number of hydrogen-bond acceptors (Lipinski definition) is 7. The highest BCUT2D eigenvalue weighted by Gasteiger charge is 2.36. The van der Waals surface area contributed by atoms with Crippen LogP contribution >= 0.6 is 0 Å². The van der Waals surface area contributed by atoms with Crippen LogP contribution in [0.25, 0.3) is 22.2 Å². The van der Waals surface area contributed by atoms with Crippen LogP contribution in [0, 0.1) is 5.82 Å². The maximum atomic E-state index is 14.5. The summed E-state index contributed by atoms with van der Waals surface area (Å²) in [4.78, 5) is 13.2. The van der Waals surface area contributed by atoms with Crippen molar-refractivity contribution in [2.24, 2.45) is 0 Å². The Hall–Kier alpha value is -3.77. The fraction of sp³-hybridized carbons (Fsp3) is 0.469. The SMILES string of the molecule is CCNc1cc2c(cn1)c(-c1ccc(CN3CCN(C)CC3)cc1)nn2C1CCC(Oc2nccc(C(F)(F)F)c2F)CC1. The summed E-state index contributed by atoms with van der Waals surface area (Å²) in [5.41, 5.74) is 2.72. The van der Waals surface area contributed by atoms with E-state index in [9.17, 15) is 17.6 Å². The molecular formula is C32H37F4N7O. The van der Waals surface area contributed by atoms with Gasteiger partial charge in [-0.2, -0.15) is 18.3 Å². The van der Waals surface area contributed by atoms with Crippen LogP contribution in [0.15, 0.2) is 48.8 Å². The van der Waals surface area contributed by atoms with Crippen molar-refractivity contribution in [3.8, 4) is 17.1 Å². The molecule has 234 valence electrons. The van der Waals surface area contributed by atoms with Crippen molar-refractivity contribution in [1.29, 1.82) is 0 Å². The number of alkyl halides is 3. The van der Waals surface area contributed by atoms with Gasteiger partial charge in [-0.15, -0.1) is 0 Å². The number of nitrogens with one attached hydrogen (secondary N) is 1. The van der Waals surface area contributed by atoms with Gasteiger partial charge in [0.15, 0.2) is 5.82 Å². The zero-order chi connectivity index (χ0) is 30.8. The number of fused-ring (bicyclic) bond motifs is 1. The molecule has 44 heavy (non-hydrogen) atoms. The minimum absolute atomic E-state index is 0.0406. The fourth-order valence-corrected chi connectivity index (χ4v) is 6.12. The Kier molecular flexibility index (Phi) is 8.73. The zero-order valence-electron chi connectivity index (χ0n) is 24.9. The van der Waals surface area contributed by atoms with E-state index in [2.05, 4.69) is 56.4 Å². The molecule has 1 saturated heterocycles. The number of rotatable bonds is 8. The molecule has 0 amide bonds. The molecule has 4 heterocycles. The number of ether oxygens (including phenoxy) is 1. The Balaban J connectivity index is 1.20. The normalized spacial score (nSPS) is 20.2. The van der Waals surface area contributed by atoms with Crippen molar-refractivity contribution in [3.05, 3.63) is 65.7 Å². The number of benzene rings is 1. The van der Waals surface area contributed by atoms with Gasteiger partial charge in [-0.1, -0.05) is 24.3 Å². The molecular weight excluding hydrogens is 574 g/mol. The van der Waals surface area contributed by atoms with Gasteiger partial charge < -0.3 is 15.0 Å². The zero-order valence-corrected chi connectivity index (χ0v) is 24.9. The summed E-state index contributed by atoms with van der Waals surface area (Å²) in [6.07, 6.45) is -0.0535. The Morgan fingerprint density at radius 1 is 0.977 bits per heavy atom. The molecule has 3 aromatic heterocycles. The molecule has 0 spiro atoms. The van der Waals surface area contributed by atoms with Gasteiger partial charge in [0.25, 0.3) is 5.88 Å². The number of hydrogen-bond donors (Lipinski definition) is 1. The lowest BCUT2D eigenvalue weighted by Crippen LogP contribution is -2.43. The largest absolute Gasteiger partial charge is 0.472 e. The third-order valence-corrected chi connectivity index (χ3v) is 8.61. The van der Waals surface area contributed by atoms with E-state index in [0.717, 1.165) is 73.4 Å². The first kappa shape index (κ1) is 30.3. The molecule has 1 aliphatic heterocycles. The van der Waals surface area contributed by atoms with Crippen LogP contribution in [-0.4, -0.2) is 75.4 Å². The topological polar surface area (TPSA) is 71.3 Å². The van der Waals surface area contributed by atoms with Gasteiger partial charge in [-0.3, -0.25) is 9.58 Å². The number of piperazine rings is 1. The fourth-order valence-electron chi connectivity index (χ4n) is 6.12. The molecule has 0 unspecified atom stereocenters. The quantitative estimate of drug-likeness (QED) is 0.232. The lowest BCUT2D eigenvalue weighted by Gasteiger charge is -2.32. The van der Waals surface area contributed by atoms with E-state index in [-0.39, 0.29) is 6.04 Å². The number of likely N-dealkylation sites (N-methyl/N-ethyl adjacent to an activating group) is 1. The number of halogens is 4. The predicted octanol–water partition coefficient (Wildman–Crippen LogP) is 6.39. The third kappa shape index (κ3) is 6.51. The summed E-state index contributed by atoms with van der Waals surface area (Å²) in [5.74, 6) is -1.31.